The molecule has 1 aromatic rings. The van der Waals surface area contributed by atoms with E-state index in [4.69, 9.17) is 21.1 Å². The van der Waals surface area contributed by atoms with Crippen LogP contribution in [0.15, 0.2) is 18.2 Å². The first kappa shape index (κ1) is 12.3. The highest BCUT2D eigenvalue weighted by Crippen LogP contribution is 2.30. The third kappa shape index (κ3) is 2.84. The number of methoxy groups -OCH3 is 2. The number of ether oxygens (including phenoxy) is 2. The van der Waals surface area contributed by atoms with Gasteiger partial charge in [0.05, 0.1) is 13.2 Å². The van der Waals surface area contributed by atoms with Gasteiger partial charge in [-0.1, -0.05) is 11.6 Å². The third-order valence-corrected chi connectivity index (χ3v) is 2.56. The Bertz CT molecular complexity index is 328. The van der Waals surface area contributed by atoms with Gasteiger partial charge in [-0.2, -0.15) is 0 Å². The number of hydrogen-bond acceptors (Lipinski definition) is 3. The molecule has 0 heterocycles. The van der Waals surface area contributed by atoms with Gasteiger partial charge in [-0.3, -0.25) is 0 Å². The van der Waals surface area contributed by atoms with Gasteiger partial charge in [-0.05, 0) is 25.1 Å². The smallest absolute Gasteiger partial charge is 0.124 e. The van der Waals surface area contributed by atoms with Crippen molar-refractivity contribution < 1.29 is 14.6 Å². The normalized spacial score (nSPS) is 14.7. The average Bonchev–Trinajstić information content (AvgIpc) is 2.27. The van der Waals surface area contributed by atoms with Crippen LogP contribution in [0.3, 0.4) is 0 Å². The van der Waals surface area contributed by atoms with Crippen molar-refractivity contribution in [2.75, 3.05) is 14.2 Å². The molecule has 0 saturated carbocycles. The Morgan fingerprint density at radius 2 is 2.00 bits per heavy atom. The third-order valence-electron chi connectivity index (χ3n) is 2.33. The molecule has 0 aromatic heterocycles. The van der Waals surface area contributed by atoms with Crippen LogP contribution in [-0.2, 0) is 4.74 Å². The topological polar surface area (TPSA) is 38.7 Å². The zero-order valence-corrected chi connectivity index (χ0v) is 9.78. The zero-order valence-electron chi connectivity index (χ0n) is 9.03. The van der Waals surface area contributed by atoms with Gasteiger partial charge in [0.15, 0.2) is 0 Å². The standard InChI is InChI=1S/C11H15ClO3/c1-7(14-2)11(13)9-6-8(12)4-5-10(9)15-3/h4-7,11,13H,1-3H3. The zero-order chi connectivity index (χ0) is 11.4. The molecule has 1 N–H and O–H groups in total. The van der Waals surface area contributed by atoms with Crippen molar-refractivity contribution in [1.29, 1.82) is 0 Å². The van der Waals surface area contributed by atoms with E-state index in [-0.39, 0.29) is 6.10 Å². The van der Waals surface area contributed by atoms with Gasteiger partial charge < -0.3 is 14.6 Å². The Morgan fingerprint density at radius 3 is 2.53 bits per heavy atom. The molecule has 1 rings (SSSR count). The lowest BCUT2D eigenvalue weighted by Gasteiger charge is -2.20. The molecule has 0 radical (unpaired) electrons. The van der Waals surface area contributed by atoms with Crippen molar-refractivity contribution in [2.45, 2.75) is 19.1 Å². The van der Waals surface area contributed by atoms with Crippen LogP contribution in [0.5, 0.6) is 5.75 Å². The lowest BCUT2D eigenvalue weighted by atomic mass is 10.0. The Labute approximate surface area is 94.6 Å². The summed E-state index contributed by atoms with van der Waals surface area (Å²) in [4.78, 5) is 0. The fourth-order valence-corrected chi connectivity index (χ4v) is 1.50. The van der Waals surface area contributed by atoms with E-state index in [0.717, 1.165) is 0 Å². The highest BCUT2D eigenvalue weighted by Gasteiger charge is 2.19. The quantitative estimate of drug-likeness (QED) is 0.864. The number of aliphatic hydroxyl groups is 1. The fraction of sp³-hybridized carbons (Fsp3) is 0.455. The molecule has 0 fully saturated rings. The number of benzene rings is 1. The second-order valence-corrected chi connectivity index (χ2v) is 3.71. The van der Waals surface area contributed by atoms with Crippen LogP contribution in [0.1, 0.15) is 18.6 Å². The van der Waals surface area contributed by atoms with E-state index in [9.17, 15) is 5.11 Å². The minimum absolute atomic E-state index is 0.308. The molecule has 3 nitrogen and oxygen atoms in total. The summed E-state index contributed by atoms with van der Waals surface area (Å²) in [5.41, 5.74) is 0.638. The van der Waals surface area contributed by atoms with Crippen LogP contribution in [0, 0.1) is 0 Å². The summed E-state index contributed by atoms with van der Waals surface area (Å²) in [6.45, 7) is 1.78. The molecule has 2 atom stereocenters. The number of hydrogen-bond donors (Lipinski definition) is 1. The van der Waals surface area contributed by atoms with Gasteiger partial charge in [0, 0.05) is 17.7 Å². The van der Waals surface area contributed by atoms with Gasteiger partial charge in [0.1, 0.15) is 11.9 Å². The monoisotopic (exact) mass is 230 g/mol. The van der Waals surface area contributed by atoms with Gasteiger partial charge in [0.2, 0.25) is 0 Å². The molecule has 0 saturated heterocycles. The van der Waals surface area contributed by atoms with E-state index in [0.29, 0.717) is 16.3 Å². The first-order chi connectivity index (χ1) is 7.10. The summed E-state index contributed by atoms with van der Waals surface area (Å²) < 4.78 is 10.2. The van der Waals surface area contributed by atoms with Crippen LogP contribution in [0.4, 0.5) is 0 Å². The van der Waals surface area contributed by atoms with E-state index in [1.807, 2.05) is 0 Å². The largest absolute Gasteiger partial charge is 0.496 e. The SMILES string of the molecule is COc1ccc(Cl)cc1C(O)C(C)OC. The second kappa shape index (κ2) is 5.35. The van der Waals surface area contributed by atoms with E-state index < -0.39 is 6.10 Å². The molecule has 4 heteroatoms. The van der Waals surface area contributed by atoms with Crippen molar-refractivity contribution in [3.05, 3.63) is 28.8 Å². The second-order valence-electron chi connectivity index (χ2n) is 3.27. The highest BCUT2D eigenvalue weighted by molar-refractivity contribution is 6.30. The van der Waals surface area contributed by atoms with Crippen LogP contribution >= 0.6 is 11.6 Å². The number of rotatable bonds is 4. The fourth-order valence-electron chi connectivity index (χ4n) is 1.32. The first-order valence-corrected chi connectivity index (χ1v) is 5.02. The van der Waals surface area contributed by atoms with E-state index in [1.54, 1.807) is 39.3 Å². The minimum atomic E-state index is -0.747. The maximum Gasteiger partial charge on any atom is 0.124 e. The minimum Gasteiger partial charge on any atom is -0.496 e. The first-order valence-electron chi connectivity index (χ1n) is 4.64. The maximum absolute atomic E-state index is 9.96. The summed E-state index contributed by atoms with van der Waals surface area (Å²) in [5.74, 6) is 0.607. The van der Waals surface area contributed by atoms with Crippen LogP contribution in [-0.4, -0.2) is 25.4 Å². The molecule has 0 aliphatic heterocycles. The van der Waals surface area contributed by atoms with Crippen molar-refractivity contribution in [3.8, 4) is 5.75 Å². The Kier molecular flexibility index (Phi) is 4.39. The highest BCUT2D eigenvalue weighted by atomic mass is 35.5. The Balaban J connectivity index is 3.05. The Hall–Kier alpha value is -0.770. The van der Waals surface area contributed by atoms with E-state index >= 15 is 0 Å². The lowest BCUT2D eigenvalue weighted by Crippen LogP contribution is -2.17. The summed E-state index contributed by atoms with van der Waals surface area (Å²) in [6, 6.07) is 5.12. The van der Waals surface area contributed by atoms with Gasteiger partial charge in [-0.15, -0.1) is 0 Å². The molecule has 0 amide bonds. The lowest BCUT2D eigenvalue weighted by molar-refractivity contribution is -0.00249. The Morgan fingerprint density at radius 1 is 1.33 bits per heavy atom. The number of aliphatic hydroxyl groups excluding tert-OH is 1. The average molecular weight is 231 g/mol. The molecule has 0 aliphatic carbocycles. The van der Waals surface area contributed by atoms with Crippen molar-refractivity contribution in [1.82, 2.24) is 0 Å². The van der Waals surface area contributed by atoms with Crippen LogP contribution in [0.25, 0.3) is 0 Å². The van der Waals surface area contributed by atoms with Crippen molar-refractivity contribution >= 4 is 11.6 Å². The number of halogens is 1. The predicted octanol–water partition coefficient (Wildman–Crippen LogP) is 2.42. The van der Waals surface area contributed by atoms with Crippen LogP contribution < -0.4 is 4.74 Å². The van der Waals surface area contributed by atoms with E-state index in [1.165, 1.54) is 0 Å². The van der Waals surface area contributed by atoms with Gasteiger partial charge in [0.25, 0.3) is 0 Å². The molecule has 84 valence electrons. The molecular weight excluding hydrogens is 216 g/mol. The van der Waals surface area contributed by atoms with Crippen LogP contribution in [0.2, 0.25) is 5.02 Å². The van der Waals surface area contributed by atoms with Gasteiger partial charge >= 0.3 is 0 Å². The molecule has 2 unspecified atom stereocenters. The predicted molar refractivity (Wildman–Crippen MR) is 59.4 cm³/mol. The molecule has 0 bridgehead atoms. The molecular formula is C11H15ClO3. The van der Waals surface area contributed by atoms with Crippen molar-refractivity contribution in [2.24, 2.45) is 0 Å². The maximum atomic E-state index is 9.96. The summed E-state index contributed by atoms with van der Waals surface area (Å²) in [5, 5.41) is 10.5. The molecule has 1 aromatic carbocycles. The summed E-state index contributed by atoms with van der Waals surface area (Å²) >= 11 is 5.86. The van der Waals surface area contributed by atoms with E-state index in [2.05, 4.69) is 0 Å². The summed E-state index contributed by atoms with van der Waals surface area (Å²) in [6.07, 6.45) is -1.05. The van der Waals surface area contributed by atoms with Crippen molar-refractivity contribution in [3.63, 3.8) is 0 Å². The molecule has 0 spiro atoms. The molecule has 15 heavy (non-hydrogen) atoms. The summed E-state index contributed by atoms with van der Waals surface area (Å²) in [7, 11) is 3.10. The van der Waals surface area contributed by atoms with Gasteiger partial charge in [-0.25, -0.2) is 0 Å². The molecule has 0 aliphatic rings.